The van der Waals surface area contributed by atoms with Gasteiger partial charge in [-0.25, -0.2) is 0 Å². The van der Waals surface area contributed by atoms with E-state index in [1.54, 1.807) is 0 Å². The lowest BCUT2D eigenvalue weighted by molar-refractivity contribution is -0.167. The van der Waals surface area contributed by atoms with Crippen LogP contribution in [0, 0.1) is 5.92 Å². The molecule has 0 aliphatic carbocycles. The Kier molecular flexibility index (Phi) is 41.3. The maximum atomic E-state index is 12.7. The van der Waals surface area contributed by atoms with Gasteiger partial charge in [0.05, 0.1) is 0 Å². The summed E-state index contributed by atoms with van der Waals surface area (Å²) in [5.74, 6) is -0.0955. The molecule has 0 unspecified atom stereocenters. The molecule has 0 saturated carbocycles. The molecule has 0 heterocycles. The number of carbonyl (C=O) groups is 3. The molecule has 0 rings (SSSR count). The van der Waals surface area contributed by atoms with Crippen LogP contribution in [0.1, 0.15) is 265 Å². The molecule has 54 heavy (non-hydrogen) atoms. The largest absolute Gasteiger partial charge is 0.462 e. The Morgan fingerprint density at radius 3 is 0.907 bits per heavy atom. The topological polar surface area (TPSA) is 78.9 Å². The first kappa shape index (κ1) is 52.4. The lowest BCUT2D eigenvalue weighted by Crippen LogP contribution is -2.30. The van der Waals surface area contributed by atoms with E-state index in [0.717, 1.165) is 63.7 Å². The molecule has 0 bridgehead atoms. The van der Waals surface area contributed by atoms with Crippen molar-refractivity contribution in [1.29, 1.82) is 0 Å². The lowest BCUT2D eigenvalue weighted by Gasteiger charge is -2.18. The SMILES string of the molecule is CCCCCCCCCCCCCCCCCCCCC(=O)OC[C@@H](COC(=O)CCCCCCCCC(C)C)OC(=O)CCCCCCCCCCC. The predicted molar refractivity (Wildman–Crippen MR) is 229 cm³/mol. The van der Waals surface area contributed by atoms with Crippen LogP contribution in [0.15, 0.2) is 0 Å². The summed E-state index contributed by atoms with van der Waals surface area (Å²) in [6.07, 6.45) is 42.5. The standard InChI is InChI=1S/C48H92O6/c1-5-7-9-11-13-15-16-17-18-19-20-21-22-23-25-26-31-35-39-46(49)52-42-45(54-48(51)41-37-33-27-24-14-12-10-8-6-2)43-53-47(50)40-36-32-29-28-30-34-38-44(3)4/h44-45H,5-43H2,1-4H3/t45-/m0/s1. The zero-order chi connectivity index (χ0) is 39.6. The van der Waals surface area contributed by atoms with Crippen LogP contribution in [0.5, 0.6) is 0 Å². The van der Waals surface area contributed by atoms with Gasteiger partial charge in [0.2, 0.25) is 0 Å². The van der Waals surface area contributed by atoms with Crippen molar-refractivity contribution in [2.45, 2.75) is 271 Å². The van der Waals surface area contributed by atoms with Crippen LogP contribution in [0.3, 0.4) is 0 Å². The lowest BCUT2D eigenvalue weighted by atomic mass is 10.0. The fourth-order valence-corrected chi connectivity index (χ4v) is 7.16. The van der Waals surface area contributed by atoms with Gasteiger partial charge >= 0.3 is 17.9 Å². The molecule has 0 N–H and O–H groups in total. The average Bonchev–Trinajstić information content (AvgIpc) is 3.15. The molecule has 0 spiro atoms. The minimum atomic E-state index is -0.759. The van der Waals surface area contributed by atoms with Crippen LogP contribution < -0.4 is 0 Å². The van der Waals surface area contributed by atoms with E-state index in [1.807, 2.05) is 0 Å². The number of unbranched alkanes of at least 4 members (excludes halogenated alkanes) is 30. The molecule has 0 aromatic carbocycles. The Morgan fingerprint density at radius 1 is 0.352 bits per heavy atom. The molecule has 0 aromatic heterocycles. The Balaban J connectivity index is 4.19. The van der Waals surface area contributed by atoms with Gasteiger partial charge in [0.1, 0.15) is 13.2 Å². The van der Waals surface area contributed by atoms with Gasteiger partial charge in [-0.15, -0.1) is 0 Å². The second-order valence-corrected chi connectivity index (χ2v) is 16.9. The molecule has 0 aliphatic rings. The number of carbonyl (C=O) groups excluding carboxylic acids is 3. The number of hydrogen-bond donors (Lipinski definition) is 0. The van der Waals surface area contributed by atoms with E-state index in [-0.39, 0.29) is 31.1 Å². The summed E-state index contributed by atoms with van der Waals surface area (Å²) in [6, 6.07) is 0. The summed E-state index contributed by atoms with van der Waals surface area (Å²) in [6.45, 7) is 8.92. The van der Waals surface area contributed by atoms with Gasteiger partial charge in [0.25, 0.3) is 0 Å². The molecular formula is C48H92O6. The van der Waals surface area contributed by atoms with E-state index in [2.05, 4.69) is 27.7 Å². The maximum Gasteiger partial charge on any atom is 0.306 e. The minimum Gasteiger partial charge on any atom is -0.462 e. The number of hydrogen-bond acceptors (Lipinski definition) is 6. The van der Waals surface area contributed by atoms with Gasteiger partial charge in [-0.3, -0.25) is 14.4 Å². The Labute approximate surface area is 336 Å². The summed E-state index contributed by atoms with van der Waals surface area (Å²) in [7, 11) is 0. The molecule has 1 atom stereocenters. The minimum absolute atomic E-state index is 0.0644. The molecule has 320 valence electrons. The van der Waals surface area contributed by atoms with E-state index >= 15 is 0 Å². The number of rotatable bonds is 43. The number of esters is 3. The van der Waals surface area contributed by atoms with Gasteiger partial charge in [-0.2, -0.15) is 0 Å². The van der Waals surface area contributed by atoms with Gasteiger partial charge in [-0.1, -0.05) is 227 Å². The van der Waals surface area contributed by atoms with Crippen LogP contribution in [-0.4, -0.2) is 37.2 Å². The monoisotopic (exact) mass is 765 g/mol. The molecule has 6 nitrogen and oxygen atoms in total. The highest BCUT2D eigenvalue weighted by Gasteiger charge is 2.19. The second-order valence-electron chi connectivity index (χ2n) is 16.9. The Bertz CT molecular complexity index is 811. The summed E-state index contributed by atoms with van der Waals surface area (Å²) in [5.41, 5.74) is 0. The van der Waals surface area contributed by atoms with Crippen molar-refractivity contribution in [3.05, 3.63) is 0 Å². The van der Waals surface area contributed by atoms with Crippen molar-refractivity contribution in [3.8, 4) is 0 Å². The van der Waals surface area contributed by atoms with Crippen LogP contribution in [0.4, 0.5) is 0 Å². The number of ether oxygens (including phenoxy) is 3. The summed E-state index contributed by atoms with van der Waals surface area (Å²) >= 11 is 0. The Hall–Kier alpha value is -1.59. The van der Waals surface area contributed by atoms with Gasteiger partial charge in [-0.05, 0) is 25.2 Å². The van der Waals surface area contributed by atoms with Crippen molar-refractivity contribution in [2.75, 3.05) is 13.2 Å². The molecular weight excluding hydrogens is 673 g/mol. The van der Waals surface area contributed by atoms with E-state index in [0.29, 0.717) is 19.3 Å². The van der Waals surface area contributed by atoms with Crippen molar-refractivity contribution < 1.29 is 28.6 Å². The fourth-order valence-electron chi connectivity index (χ4n) is 7.16. The average molecular weight is 765 g/mol. The van der Waals surface area contributed by atoms with Crippen molar-refractivity contribution in [3.63, 3.8) is 0 Å². The third kappa shape index (κ3) is 41.6. The quantitative estimate of drug-likeness (QED) is 0.0349. The van der Waals surface area contributed by atoms with Gasteiger partial charge < -0.3 is 14.2 Å². The highest BCUT2D eigenvalue weighted by atomic mass is 16.6. The predicted octanol–water partition coefficient (Wildman–Crippen LogP) is 15.1. The summed E-state index contributed by atoms with van der Waals surface area (Å²) < 4.78 is 16.7. The van der Waals surface area contributed by atoms with Crippen molar-refractivity contribution in [1.82, 2.24) is 0 Å². The molecule has 0 aromatic rings. The third-order valence-corrected chi connectivity index (χ3v) is 10.8. The summed E-state index contributed by atoms with van der Waals surface area (Å²) in [4.78, 5) is 37.6. The van der Waals surface area contributed by atoms with Gasteiger partial charge in [0.15, 0.2) is 6.10 Å². The summed E-state index contributed by atoms with van der Waals surface area (Å²) in [5, 5.41) is 0. The van der Waals surface area contributed by atoms with Gasteiger partial charge in [0, 0.05) is 19.3 Å². The zero-order valence-electron chi connectivity index (χ0n) is 36.7. The van der Waals surface area contributed by atoms with E-state index in [4.69, 9.17) is 14.2 Å². The van der Waals surface area contributed by atoms with E-state index < -0.39 is 6.10 Å². The first-order valence-electron chi connectivity index (χ1n) is 23.9. The third-order valence-electron chi connectivity index (χ3n) is 10.8. The zero-order valence-corrected chi connectivity index (χ0v) is 36.7. The van der Waals surface area contributed by atoms with Crippen molar-refractivity contribution in [2.24, 2.45) is 5.92 Å². The van der Waals surface area contributed by atoms with E-state index in [9.17, 15) is 14.4 Å². The first-order valence-corrected chi connectivity index (χ1v) is 23.9. The Morgan fingerprint density at radius 2 is 0.611 bits per heavy atom. The molecule has 0 amide bonds. The molecule has 0 aliphatic heterocycles. The van der Waals surface area contributed by atoms with Crippen molar-refractivity contribution >= 4 is 17.9 Å². The van der Waals surface area contributed by atoms with E-state index in [1.165, 1.54) is 161 Å². The fraction of sp³-hybridized carbons (Fsp3) is 0.938. The first-order chi connectivity index (χ1) is 26.4. The highest BCUT2D eigenvalue weighted by Crippen LogP contribution is 2.16. The highest BCUT2D eigenvalue weighted by molar-refractivity contribution is 5.71. The van der Waals surface area contributed by atoms with Crippen LogP contribution >= 0.6 is 0 Å². The van der Waals surface area contributed by atoms with Crippen LogP contribution in [-0.2, 0) is 28.6 Å². The molecule has 0 radical (unpaired) electrons. The normalized spacial score (nSPS) is 11.9. The molecule has 0 fully saturated rings. The van der Waals surface area contributed by atoms with Crippen LogP contribution in [0.2, 0.25) is 0 Å². The molecule has 6 heteroatoms. The van der Waals surface area contributed by atoms with Crippen LogP contribution in [0.25, 0.3) is 0 Å². The molecule has 0 saturated heterocycles. The maximum absolute atomic E-state index is 12.7. The second kappa shape index (κ2) is 42.6. The smallest absolute Gasteiger partial charge is 0.306 e.